The third-order valence-corrected chi connectivity index (χ3v) is 4.34. The lowest BCUT2D eigenvalue weighted by molar-refractivity contribution is -0.133. The second-order valence-electron chi connectivity index (χ2n) is 6.30. The van der Waals surface area contributed by atoms with Crippen molar-refractivity contribution in [1.29, 1.82) is 0 Å². The molecule has 0 aromatic carbocycles. The highest BCUT2D eigenvalue weighted by Crippen LogP contribution is 2.16. The molecule has 1 atom stereocenters. The zero-order valence-electron chi connectivity index (χ0n) is 14.6. The second-order valence-corrected chi connectivity index (χ2v) is 6.30. The fraction of sp³-hybridized carbons (Fsp3) is 0.647. The molecule has 6 nitrogen and oxygen atoms in total. The van der Waals surface area contributed by atoms with E-state index in [2.05, 4.69) is 5.32 Å². The number of furan rings is 1. The van der Waals surface area contributed by atoms with Gasteiger partial charge in [0, 0.05) is 19.1 Å². The SMILES string of the molecule is CCCC(N)C(=O)N1CCC(NC(=O)c2cc(C)oc2C)CC1.Cl. The number of nitrogens with zero attached hydrogens (tertiary/aromatic N) is 1. The molecule has 2 amide bonds. The highest BCUT2D eigenvalue weighted by atomic mass is 35.5. The van der Waals surface area contributed by atoms with Crippen LogP contribution in [0.2, 0.25) is 0 Å². The van der Waals surface area contributed by atoms with Crippen molar-refractivity contribution in [2.75, 3.05) is 13.1 Å². The Kier molecular flexibility index (Phi) is 7.76. The fourth-order valence-corrected chi connectivity index (χ4v) is 3.03. The first-order chi connectivity index (χ1) is 10.9. The fourth-order valence-electron chi connectivity index (χ4n) is 3.03. The molecule has 0 aliphatic carbocycles. The van der Waals surface area contributed by atoms with Crippen LogP contribution < -0.4 is 11.1 Å². The number of halogens is 1. The molecular weight excluding hydrogens is 330 g/mol. The summed E-state index contributed by atoms with van der Waals surface area (Å²) in [7, 11) is 0. The Labute approximate surface area is 149 Å². The van der Waals surface area contributed by atoms with E-state index in [9.17, 15) is 9.59 Å². The Hall–Kier alpha value is -1.53. The van der Waals surface area contributed by atoms with Gasteiger partial charge in [-0.05, 0) is 39.2 Å². The molecule has 1 aliphatic rings. The van der Waals surface area contributed by atoms with E-state index < -0.39 is 6.04 Å². The van der Waals surface area contributed by atoms with E-state index in [-0.39, 0.29) is 30.3 Å². The van der Waals surface area contributed by atoms with Crippen molar-refractivity contribution in [3.8, 4) is 0 Å². The molecule has 0 spiro atoms. The number of amides is 2. The summed E-state index contributed by atoms with van der Waals surface area (Å²) >= 11 is 0. The first-order valence-electron chi connectivity index (χ1n) is 8.34. The predicted octanol–water partition coefficient (Wildman–Crippen LogP) is 2.17. The summed E-state index contributed by atoms with van der Waals surface area (Å²) in [4.78, 5) is 26.3. The molecule has 1 aromatic rings. The van der Waals surface area contributed by atoms with Crippen molar-refractivity contribution in [3.05, 3.63) is 23.2 Å². The summed E-state index contributed by atoms with van der Waals surface area (Å²) in [6.07, 6.45) is 3.13. The maximum absolute atomic E-state index is 12.3. The van der Waals surface area contributed by atoms with Crippen LogP contribution in [0.4, 0.5) is 0 Å². The summed E-state index contributed by atoms with van der Waals surface area (Å²) in [6, 6.07) is 1.44. The number of nitrogens with one attached hydrogen (secondary N) is 1. The lowest BCUT2D eigenvalue weighted by Crippen LogP contribution is -2.50. The van der Waals surface area contributed by atoms with Crippen LogP contribution >= 0.6 is 12.4 Å². The van der Waals surface area contributed by atoms with Gasteiger partial charge in [0.25, 0.3) is 5.91 Å². The Morgan fingerprint density at radius 1 is 1.38 bits per heavy atom. The molecule has 1 aromatic heterocycles. The molecule has 2 rings (SSSR count). The number of rotatable bonds is 5. The molecule has 0 bridgehead atoms. The summed E-state index contributed by atoms with van der Waals surface area (Å²) in [5, 5.41) is 3.04. The molecule has 7 heteroatoms. The van der Waals surface area contributed by atoms with Gasteiger partial charge in [-0.1, -0.05) is 13.3 Å². The van der Waals surface area contributed by atoms with Crippen molar-refractivity contribution in [2.24, 2.45) is 5.73 Å². The van der Waals surface area contributed by atoms with Crippen LogP contribution in [-0.2, 0) is 4.79 Å². The van der Waals surface area contributed by atoms with Gasteiger partial charge in [0.2, 0.25) is 5.91 Å². The van der Waals surface area contributed by atoms with E-state index in [1.807, 2.05) is 18.7 Å². The Balaban J connectivity index is 0.00000288. The second kappa shape index (κ2) is 9.08. The summed E-state index contributed by atoms with van der Waals surface area (Å²) < 4.78 is 5.40. The zero-order chi connectivity index (χ0) is 17.0. The number of nitrogens with two attached hydrogens (primary N) is 1. The third kappa shape index (κ3) is 4.98. The molecule has 24 heavy (non-hydrogen) atoms. The molecule has 0 radical (unpaired) electrons. The van der Waals surface area contributed by atoms with E-state index in [4.69, 9.17) is 10.2 Å². The predicted molar refractivity (Wildman–Crippen MR) is 95.4 cm³/mol. The van der Waals surface area contributed by atoms with E-state index >= 15 is 0 Å². The molecule has 1 saturated heterocycles. The van der Waals surface area contributed by atoms with Gasteiger partial charge in [-0.15, -0.1) is 12.4 Å². The minimum atomic E-state index is -0.400. The van der Waals surface area contributed by atoms with Gasteiger partial charge >= 0.3 is 0 Å². The molecular formula is C17H28ClN3O3. The number of carbonyl (C=O) groups is 2. The monoisotopic (exact) mass is 357 g/mol. The highest BCUT2D eigenvalue weighted by Gasteiger charge is 2.27. The van der Waals surface area contributed by atoms with Crippen LogP contribution in [0, 0.1) is 13.8 Å². The maximum atomic E-state index is 12.3. The lowest BCUT2D eigenvalue weighted by Gasteiger charge is -2.33. The Morgan fingerprint density at radius 2 is 2.00 bits per heavy atom. The maximum Gasteiger partial charge on any atom is 0.255 e. The van der Waals surface area contributed by atoms with E-state index in [1.54, 1.807) is 13.0 Å². The first kappa shape index (κ1) is 20.5. The standard InChI is InChI=1S/C17H27N3O3.ClH/c1-4-5-15(18)17(22)20-8-6-13(7-9-20)19-16(21)14-10-11(2)23-12(14)3;/h10,13,15H,4-9,18H2,1-3H3,(H,19,21);1H. The first-order valence-corrected chi connectivity index (χ1v) is 8.34. The van der Waals surface area contributed by atoms with Crippen LogP contribution in [0.25, 0.3) is 0 Å². The topological polar surface area (TPSA) is 88.6 Å². The Bertz CT molecular complexity index is 565. The van der Waals surface area contributed by atoms with E-state index in [0.29, 0.717) is 30.8 Å². The summed E-state index contributed by atoms with van der Waals surface area (Å²) in [5.74, 6) is 1.29. The van der Waals surface area contributed by atoms with Crippen LogP contribution in [0.3, 0.4) is 0 Å². The molecule has 2 heterocycles. The molecule has 0 saturated carbocycles. The highest BCUT2D eigenvalue weighted by molar-refractivity contribution is 5.95. The summed E-state index contributed by atoms with van der Waals surface area (Å²) in [5.41, 5.74) is 6.49. The van der Waals surface area contributed by atoms with Gasteiger partial charge in [-0.2, -0.15) is 0 Å². The van der Waals surface area contributed by atoms with Gasteiger partial charge in [0.1, 0.15) is 11.5 Å². The zero-order valence-corrected chi connectivity index (χ0v) is 15.4. The van der Waals surface area contributed by atoms with Crippen molar-refractivity contribution < 1.29 is 14.0 Å². The van der Waals surface area contributed by atoms with Gasteiger partial charge in [-0.25, -0.2) is 0 Å². The van der Waals surface area contributed by atoms with Crippen LogP contribution in [0.1, 0.15) is 54.5 Å². The number of carbonyl (C=O) groups excluding carboxylic acids is 2. The van der Waals surface area contributed by atoms with Gasteiger partial charge in [0.15, 0.2) is 0 Å². The molecule has 1 unspecified atom stereocenters. The quantitative estimate of drug-likeness (QED) is 0.845. The minimum Gasteiger partial charge on any atom is -0.466 e. The van der Waals surface area contributed by atoms with Crippen LogP contribution in [0.5, 0.6) is 0 Å². The largest absolute Gasteiger partial charge is 0.466 e. The third-order valence-electron chi connectivity index (χ3n) is 4.34. The minimum absolute atomic E-state index is 0. The van der Waals surface area contributed by atoms with Crippen LogP contribution in [-0.4, -0.2) is 41.9 Å². The van der Waals surface area contributed by atoms with Crippen molar-refractivity contribution in [3.63, 3.8) is 0 Å². The smallest absolute Gasteiger partial charge is 0.255 e. The number of piperidine rings is 1. The number of hydrogen-bond donors (Lipinski definition) is 2. The number of aryl methyl sites for hydroxylation is 2. The normalized spacial score (nSPS) is 16.4. The molecule has 1 fully saturated rings. The molecule has 3 N–H and O–H groups in total. The summed E-state index contributed by atoms with van der Waals surface area (Å²) in [6.45, 7) is 6.93. The molecule has 1 aliphatic heterocycles. The van der Waals surface area contributed by atoms with Crippen molar-refractivity contribution >= 4 is 24.2 Å². The van der Waals surface area contributed by atoms with E-state index in [1.165, 1.54) is 0 Å². The van der Waals surface area contributed by atoms with Crippen molar-refractivity contribution in [2.45, 2.75) is 58.5 Å². The molecule has 136 valence electrons. The number of likely N-dealkylation sites (tertiary alicyclic amines) is 1. The van der Waals surface area contributed by atoms with Crippen LogP contribution in [0.15, 0.2) is 10.5 Å². The average Bonchev–Trinajstić information content (AvgIpc) is 2.86. The average molecular weight is 358 g/mol. The number of hydrogen-bond acceptors (Lipinski definition) is 4. The van der Waals surface area contributed by atoms with Gasteiger partial charge < -0.3 is 20.4 Å². The lowest BCUT2D eigenvalue weighted by atomic mass is 10.0. The van der Waals surface area contributed by atoms with Gasteiger partial charge in [-0.3, -0.25) is 9.59 Å². The van der Waals surface area contributed by atoms with Crippen molar-refractivity contribution in [1.82, 2.24) is 10.2 Å². The Morgan fingerprint density at radius 3 is 2.50 bits per heavy atom. The van der Waals surface area contributed by atoms with E-state index in [0.717, 1.165) is 25.0 Å². The van der Waals surface area contributed by atoms with Gasteiger partial charge in [0.05, 0.1) is 11.6 Å².